The molecule has 1 saturated heterocycles. The predicted octanol–water partition coefficient (Wildman–Crippen LogP) is 3.98. The van der Waals surface area contributed by atoms with Crippen molar-refractivity contribution >= 4 is 29.0 Å². The van der Waals surface area contributed by atoms with Gasteiger partial charge in [-0.25, -0.2) is 0 Å². The smallest absolute Gasteiger partial charge is 0.277 e. The number of hydrogen-bond donors (Lipinski definition) is 1. The average molecular weight is 453 g/mol. The number of aryl methyl sites for hydroxylation is 2. The average Bonchev–Trinajstić information content (AvgIpc) is 3.05. The normalized spacial score (nSPS) is 19.3. The molecule has 0 spiro atoms. The van der Waals surface area contributed by atoms with Crippen LogP contribution in [0.3, 0.4) is 0 Å². The molecule has 2 aliphatic rings. The van der Waals surface area contributed by atoms with Gasteiger partial charge in [-0.05, 0) is 73.4 Å². The predicted molar refractivity (Wildman–Crippen MR) is 126 cm³/mol. The first-order valence-electron chi connectivity index (χ1n) is 11.2. The van der Waals surface area contributed by atoms with Gasteiger partial charge in [0, 0.05) is 31.3 Å². The lowest BCUT2D eigenvalue weighted by atomic mass is 9.96. The molecule has 2 aromatic carbocycles. The minimum atomic E-state index is -0.242. The van der Waals surface area contributed by atoms with Crippen molar-refractivity contribution < 1.29 is 14.7 Å². The molecule has 2 aliphatic heterocycles. The third-order valence-electron chi connectivity index (χ3n) is 6.57. The maximum Gasteiger partial charge on any atom is 0.277 e. The minimum absolute atomic E-state index is 0.0885. The fraction of sp³-hybridized carbons (Fsp3) is 0.385. The van der Waals surface area contributed by atoms with Gasteiger partial charge in [0.1, 0.15) is 5.70 Å². The number of halogens is 1. The summed E-state index contributed by atoms with van der Waals surface area (Å²) in [5.41, 5.74) is 4.99. The molecule has 2 heterocycles. The second-order valence-corrected chi connectivity index (χ2v) is 9.23. The van der Waals surface area contributed by atoms with Crippen molar-refractivity contribution in [2.24, 2.45) is 5.92 Å². The maximum atomic E-state index is 13.5. The summed E-state index contributed by atoms with van der Waals surface area (Å²) in [7, 11) is 0. The number of nitrogens with zero attached hydrogens (tertiary/aromatic N) is 2. The Labute approximate surface area is 194 Å². The topological polar surface area (TPSA) is 60.9 Å². The Morgan fingerprint density at radius 2 is 1.78 bits per heavy atom. The Bertz CT molecular complexity index is 1060. The number of aliphatic hydroxyl groups excluding tert-OH is 1. The number of aliphatic hydroxyl groups is 1. The summed E-state index contributed by atoms with van der Waals surface area (Å²) in [6.45, 7) is 5.75. The fourth-order valence-corrected chi connectivity index (χ4v) is 4.65. The van der Waals surface area contributed by atoms with Gasteiger partial charge in [-0.3, -0.25) is 14.5 Å². The van der Waals surface area contributed by atoms with E-state index in [1.807, 2.05) is 61.2 Å². The maximum absolute atomic E-state index is 13.5. The number of piperidine rings is 1. The molecule has 6 heteroatoms. The highest BCUT2D eigenvalue weighted by Crippen LogP contribution is 2.34. The third-order valence-corrected chi connectivity index (χ3v) is 6.82. The number of rotatable bonds is 6. The zero-order valence-corrected chi connectivity index (χ0v) is 19.4. The molecule has 1 N–H and O–H groups in total. The summed E-state index contributed by atoms with van der Waals surface area (Å²) in [5.74, 6) is -0.368. The van der Waals surface area contributed by atoms with Crippen LogP contribution in [0.25, 0.3) is 5.57 Å². The van der Waals surface area contributed by atoms with Crippen molar-refractivity contribution in [1.29, 1.82) is 0 Å². The van der Waals surface area contributed by atoms with Crippen molar-refractivity contribution in [3.8, 4) is 0 Å². The van der Waals surface area contributed by atoms with E-state index in [-0.39, 0.29) is 24.3 Å². The van der Waals surface area contributed by atoms with Crippen LogP contribution in [0, 0.1) is 19.8 Å². The lowest BCUT2D eigenvalue weighted by Crippen LogP contribution is -2.41. The summed E-state index contributed by atoms with van der Waals surface area (Å²) < 4.78 is 0. The first kappa shape index (κ1) is 22.6. The van der Waals surface area contributed by atoms with Crippen molar-refractivity contribution in [3.63, 3.8) is 0 Å². The molecule has 1 unspecified atom stereocenters. The van der Waals surface area contributed by atoms with Crippen LogP contribution in [0.1, 0.15) is 35.1 Å². The van der Waals surface area contributed by atoms with Gasteiger partial charge in [0.15, 0.2) is 0 Å². The van der Waals surface area contributed by atoms with E-state index in [9.17, 15) is 14.7 Å². The number of carbonyl (C=O) groups excluding carboxylic acids is 2. The van der Waals surface area contributed by atoms with Crippen molar-refractivity contribution in [2.45, 2.75) is 33.1 Å². The first-order valence-corrected chi connectivity index (χ1v) is 11.5. The summed E-state index contributed by atoms with van der Waals surface area (Å²) >= 11 is 5.98. The number of benzene rings is 2. The van der Waals surface area contributed by atoms with Crippen molar-refractivity contribution in [2.75, 3.05) is 26.2 Å². The standard InChI is InChI=1S/C26H29ClN2O3/c1-17-5-8-21(14-18(17)2)23-24(28-12-3-4-20(15-28)16-30)26(32)29(25(23)31)13-11-19-6-9-22(27)10-7-19/h5-10,14,20,30H,3-4,11-13,15-16H2,1-2H3. The Morgan fingerprint density at radius 1 is 1.03 bits per heavy atom. The summed E-state index contributed by atoms with van der Waals surface area (Å²) in [6, 6.07) is 13.4. The first-order chi connectivity index (χ1) is 15.4. The molecule has 32 heavy (non-hydrogen) atoms. The van der Waals surface area contributed by atoms with E-state index in [0.717, 1.165) is 35.1 Å². The number of carbonyl (C=O) groups is 2. The van der Waals surface area contributed by atoms with Crippen LogP contribution < -0.4 is 0 Å². The van der Waals surface area contributed by atoms with Gasteiger partial charge in [-0.15, -0.1) is 0 Å². The van der Waals surface area contributed by atoms with Gasteiger partial charge in [0.2, 0.25) is 0 Å². The lowest BCUT2D eigenvalue weighted by molar-refractivity contribution is -0.137. The van der Waals surface area contributed by atoms with Gasteiger partial charge in [0.05, 0.1) is 5.57 Å². The zero-order chi connectivity index (χ0) is 22.8. The van der Waals surface area contributed by atoms with Gasteiger partial charge >= 0.3 is 0 Å². The number of hydrogen-bond acceptors (Lipinski definition) is 4. The van der Waals surface area contributed by atoms with E-state index >= 15 is 0 Å². The van der Waals surface area contributed by atoms with E-state index in [4.69, 9.17) is 11.6 Å². The molecule has 4 rings (SSSR count). The molecule has 0 bridgehead atoms. The highest BCUT2D eigenvalue weighted by Gasteiger charge is 2.42. The molecule has 0 radical (unpaired) electrons. The molecular weight excluding hydrogens is 424 g/mol. The van der Waals surface area contributed by atoms with Crippen LogP contribution in [0.5, 0.6) is 0 Å². The van der Waals surface area contributed by atoms with E-state index < -0.39 is 0 Å². The molecular formula is C26H29ClN2O3. The van der Waals surface area contributed by atoms with Gasteiger partial charge in [-0.2, -0.15) is 0 Å². The zero-order valence-electron chi connectivity index (χ0n) is 18.6. The molecule has 2 aromatic rings. The molecule has 5 nitrogen and oxygen atoms in total. The van der Waals surface area contributed by atoms with E-state index in [1.165, 1.54) is 4.90 Å². The highest BCUT2D eigenvalue weighted by molar-refractivity contribution is 6.35. The Hall–Kier alpha value is -2.63. The lowest BCUT2D eigenvalue weighted by Gasteiger charge is -2.34. The highest BCUT2D eigenvalue weighted by atomic mass is 35.5. The van der Waals surface area contributed by atoms with E-state index in [1.54, 1.807) is 0 Å². The third kappa shape index (κ3) is 4.45. The van der Waals surface area contributed by atoms with E-state index in [0.29, 0.717) is 42.3 Å². The minimum Gasteiger partial charge on any atom is -0.396 e. The summed E-state index contributed by atoms with van der Waals surface area (Å²) in [4.78, 5) is 30.5. The Balaban J connectivity index is 1.67. The van der Waals surface area contributed by atoms with Crippen LogP contribution in [0.4, 0.5) is 0 Å². The molecule has 1 fully saturated rings. The van der Waals surface area contributed by atoms with Crippen LogP contribution >= 0.6 is 11.6 Å². The number of amides is 2. The number of imide groups is 1. The monoisotopic (exact) mass is 452 g/mol. The van der Waals surface area contributed by atoms with Crippen LogP contribution in [-0.4, -0.2) is 53.0 Å². The molecule has 0 saturated carbocycles. The summed E-state index contributed by atoms with van der Waals surface area (Å²) in [6.07, 6.45) is 2.39. The molecule has 0 aromatic heterocycles. The Kier molecular flexibility index (Phi) is 6.68. The van der Waals surface area contributed by atoms with Crippen LogP contribution in [0.15, 0.2) is 48.2 Å². The molecule has 0 aliphatic carbocycles. The van der Waals surface area contributed by atoms with Crippen LogP contribution in [-0.2, 0) is 16.0 Å². The molecule has 2 amide bonds. The number of likely N-dealkylation sites (tertiary alicyclic amines) is 1. The van der Waals surface area contributed by atoms with Gasteiger partial charge in [-0.1, -0.05) is 41.9 Å². The van der Waals surface area contributed by atoms with Crippen molar-refractivity contribution in [3.05, 3.63) is 75.4 Å². The SMILES string of the molecule is Cc1ccc(C2=C(N3CCCC(CO)C3)C(=O)N(CCc3ccc(Cl)cc3)C2=O)cc1C. The Morgan fingerprint density at radius 3 is 2.47 bits per heavy atom. The second kappa shape index (κ2) is 9.47. The van der Waals surface area contributed by atoms with Crippen molar-refractivity contribution in [1.82, 2.24) is 9.80 Å². The van der Waals surface area contributed by atoms with Gasteiger partial charge in [0.25, 0.3) is 11.8 Å². The second-order valence-electron chi connectivity index (χ2n) is 8.80. The summed E-state index contributed by atoms with van der Waals surface area (Å²) in [5, 5.41) is 10.3. The fourth-order valence-electron chi connectivity index (χ4n) is 4.53. The quantitative estimate of drug-likeness (QED) is 0.673. The molecule has 1 atom stereocenters. The molecule has 168 valence electrons. The van der Waals surface area contributed by atoms with Gasteiger partial charge < -0.3 is 10.0 Å². The largest absolute Gasteiger partial charge is 0.396 e. The van der Waals surface area contributed by atoms with Crippen LogP contribution in [0.2, 0.25) is 5.02 Å². The van der Waals surface area contributed by atoms with E-state index in [2.05, 4.69) is 0 Å².